The van der Waals surface area contributed by atoms with Crippen molar-refractivity contribution < 1.29 is 29.1 Å². The minimum Gasteiger partial charge on any atom is -0.447 e. The van der Waals surface area contributed by atoms with Crippen molar-refractivity contribution in [3.8, 4) is 6.07 Å². The fourth-order valence-electron chi connectivity index (χ4n) is 5.06. The zero-order chi connectivity index (χ0) is 27.8. The van der Waals surface area contributed by atoms with E-state index in [9.17, 15) is 24.9 Å². The minimum absolute atomic E-state index is 0.0606. The topological polar surface area (TPSA) is 135 Å². The van der Waals surface area contributed by atoms with Crippen molar-refractivity contribution in [1.29, 1.82) is 5.26 Å². The van der Waals surface area contributed by atoms with Crippen molar-refractivity contribution >= 4 is 19.1 Å². The Morgan fingerprint density at radius 2 is 1.92 bits per heavy atom. The van der Waals surface area contributed by atoms with Crippen molar-refractivity contribution in [2.75, 3.05) is 39.5 Å². The number of ether oxygens (including phenoxy) is 2. The first-order valence-electron chi connectivity index (χ1n) is 13.2. The van der Waals surface area contributed by atoms with Crippen LogP contribution in [0.1, 0.15) is 45.6 Å². The summed E-state index contributed by atoms with van der Waals surface area (Å²) in [6.07, 6.45) is 3.37. The number of hydrogen-bond acceptors (Lipinski definition) is 8. The highest BCUT2D eigenvalue weighted by atomic mass is 16.6. The van der Waals surface area contributed by atoms with E-state index in [1.807, 2.05) is 51.1 Å². The van der Waals surface area contributed by atoms with Gasteiger partial charge in [-0.3, -0.25) is 9.69 Å². The lowest BCUT2D eigenvalue weighted by molar-refractivity contribution is -0.136. The van der Waals surface area contributed by atoms with Crippen LogP contribution in [0.2, 0.25) is 0 Å². The van der Waals surface area contributed by atoms with Crippen LogP contribution in [0.3, 0.4) is 0 Å². The molecule has 1 aromatic carbocycles. The molecule has 3 rings (SSSR count). The number of benzene rings is 1. The number of rotatable bonds is 9. The van der Waals surface area contributed by atoms with Crippen LogP contribution in [0.15, 0.2) is 42.0 Å². The highest BCUT2D eigenvalue weighted by Crippen LogP contribution is 2.31. The average molecular weight is 526 g/mol. The van der Waals surface area contributed by atoms with Crippen molar-refractivity contribution in [3.05, 3.63) is 47.5 Å². The van der Waals surface area contributed by atoms with Crippen LogP contribution in [0.25, 0.3) is 0 Å². The van der Waals surface area contributed by atoms with Gasteiger partial charge in [0.25, 0.3) is 5.91 Å². The molecule has 0 unspecified atom stereocenters. The van der Waals surface area contributed by atoms with Gasteiger partial charge in [0.15, 0.2) is 0 Å². The SMILES string of the molecule is CC(C)(/C=C(\C#N)C(=O)N1CCCC[C@]1(C)COC(=O)N[C@@H](Cc1ccccc1)B(O)O)N1CCOCC1. The van der Waals surface area contributed by atoms with Crippen LogP contribution in [0.4, 0.5) is 4.79 Å². The van der Waals surface area contributed by atoms with Crippen LogP contribution in [0, 0.1) is 11.3 Å². The van der Waals surface area contributed by atoms with Gasteiger partial charge < -0.3 is 29.7 Å². The van der Waals surface area contributed by atoms with Crippen LogP contribution < -0.4 is 5.32 Å². The molecule has 2 amide bonds. The molecule has 2 aliphatic heterocycles. The van der Waals surface area contributed by atoms with E-state index in [-0.39, 0.29) is 24.5 Å². The Balaban J connectivity index is 1.67. The number of carbonyl (C=O) groups is 2. The number of nitriles is 1. The third-order valence-corrected chi connectivity index (χ3v) is 7.39. The summed E-state index contributed by atoms with van der Waals surface area (Å²) in [6.45, 7) is 8.82. The quantitative estimate of drug-likeness (QED) is 0.251. The molecule has 0 radical (unpaired) electrons. The molecule has 2 atom stereocenters. The smallest absolute Gasteiger partial charge is 0.447 e. The average Bonchev–Trinajstić information content (AvgIpc) is 2.91. The Hall–Kier alpha value is -2.91. The van der Waals surface area contributed by atoms with Crippen molar-refractivity contribution in [3.63, 3.8) is 0 Å². The van der Waals surface area contributed by atoms with Gasteiger partial charge in [-0.25, -0.2) is 4.79 Å². The Labute approximate surface area is 225 Å². The van der Waals surface area contributed by atoms with Crippen LogP contribution >= 0.6 is 0 Å². The number of alkyl carbamates (subject to hydrolysis) is 1. The third kappa shape index (κ3) is 7.80. The number of nitrogens with zero attached hydrogens (tertiary/aromatic N) is 3. The molecular formula is C27H39BN4O6. The number of morpholine rings is 1. The van der Waals surface area contributed by atoms with E-state index in [0.717, 1.165) is 18.4 Å². The van der Waals surface area contributed by atoms with Crippen molar-refractivity contribution in [1.82, 2.24) is 15.1 Å². The molecule has 0 bridgehead atoms. The fraction of sp³-hybridized carbons (Fsp3) is 0.593. The highest BCUT2D eigenvalue weighted by Gasteiger charge is 2.41. The van der Waals surface area contributed by atoms with Gasteiger partial charge in [-0.1, -0.05) is 30.3 Å². The number of carbonyl (C=O) groups excluding carboxylic acids is 2. The fourth-order valence-corrected chi connectivity index (χ4v) is 5.06. The van der Waals surface area contributed by atoms with E-state index in [1.165, 1.54) is 0 Å². The summed E-state index contributed by atoms with van der Waals surface area (Å²) in [5.74, 6) is -1.34. The second-order valence-corrected chi connectivity index (χ2v) is 10.8. The highest BCUT2D eigenvalue weighted by molar-refractivity contribution is 6.43. The van der Waals surface area contributed by atoms with E-state index < -0.39 is 30.2 Å². The number of likely N-dealkylation sites (tertiary alicyclic amines) is 1. The number of nitrogens with one attached hydrogen (secondary N) is 1. The van der Waals surface area contributed by atoms with Gasteiger partial charge in [-0.2, -0.15) is 5.26 Å². The van der Waals surface area contributed by atoms with Crippen LogP contribution in [-0.2, 0) is 20.7 Å². The molecule has 10 nitrogen and oxygen atoms in total. The Kier molecular flexibility index (Phi) is 10.3. The van der Waals surface area contributed by atoms with E-state index in [4.69, 9.17) is 9.47 Å². The first-order chi connectivity index (χ1) is 18.1. The molecule has 0 spiro atoms. The Bertz CT molecular complexity index is 1020. The van der Waals surface area contributed by atoms with Crippen molar-refractivity contribution in [2.24, 2.45) is 0 Å². The van der Waals surface area contributed by atoms with Crippen LogP contribution in [-0.4, -0.2) is 95.4 Å². The molecule has 2 fully saturated rings. The van der Waals surface area contributed by atoms with E-state index >= 15 is 0 Å². The molecule has 206 valence electrons. The number of piperidine rings is 1. The van der Waals surface area contributed by atoms with Gasteiger partial charge in [0.2, 0.25) is 0 Å². The second-order valence-electron chi connectivity index (χ2n) is 10.8. The van der Waals surface area contributed by atoms with Gasteiger partial charge in [-0.15, -0.1) is 0 Å². The van der Waals surface area contributed by atoms with E-state index in [2.05, 4.69) is 16.3 Å². The summed E-state index contributed by atoms with van der Waals surface area (Å²) < 4.78 is 10.9. The zero-order valence-corrected chi connectivity index (χ0v) is 22.6. The summed E-state index contributed by atoms with van der Waals surface area (Å²) in [7, 11) is -1.77. The van der Waals surface area contributed by atoms with Gasteiger partial charge in [0, 0.05) is 25.2 Å². The molecular weight excluding hydrogens is 487 g/mol. The van der Waals surface area contributed by atoms with E-state index in [0.29, 0.717) is 39.3 Å². The van der Waals surface area contributed by atoms with Gasteiger partial charge >= 0.3 is 13.2 Å². The maximum Gasteiger partial charge on any atom is 0.475 e. The molecule has 2 saturated heterocycles. The lowest BCUT2D eigenvalue weighted by Gasteiger charge is -2.44. The zero-order valence-electron chi connectivity index (χ0n) is 22.6. The summed E-state index contributed by atoms with van der Waals surface area (Å²) in [4.78, 5) is 30.0. The minimum atomic E-state index is -1.77. The second kappa shape index (κ2) is 13.2. The summed E-state index contributed by atoms with van der Waals surface area (Å²) in [5, 5.41) is 32.0. The lowest BCUT2D eigenvalue weighted by atomic mass is 9.76. The summed E-state index contributed by atoms with van der Waals surface area (Å²) in [6, 6.07) is 11.3. The lowest BCUT2D eigenvalue weighted by Crippen LogP contribution is -2.57. The molecule has 3 N–H and O–H groups in total. The predicted octanol–water partition coefficient (Wildman–Crippen LogP) is 1.67. The normalized spacial score (nSPS) is 21.8. The van der Waals surface area contributed by atoms with Crippen LogP contribution in [0.5, 0.6) is 0 Å². The van der Waals surface area contributed by atoms with Gasteiger partial charge in [0.1, 0.15) is 18.2 Å². The Morgan fingerprint density at radius 1 is 1.24 bits per heavy atom. The number of hydrogen-bond donors (Lipinski definition) is 3. The summed E-state index contributed by atoms with van der Waals surface area (Å²) in [5.41, 5.74) is -0.423. The monoisotopic (exact) mass is 526 g/mol. The molecule has 1 aromatic rings. The first-order valence-corrected chi connectivity index (χ1v) is 13.2. The first kappa shape index (κ1) is 29.6. The Morgan fingerprint density at radius 3 is 2.55 bits per heavy atom. The molecule has 0 saturated carbocycles. The number of amides is 2. The third-order valence-electron chi connectivity index (χ3n) is 7.39. The molecule has 2 aliphatic rings. The standard InChI is InChI=1S/C27H39BN4O6/c1-26(2,31-13-15-37-16-14-31)18-22(19-29)24(33)32-12-8-7-11-27(32,3)20-38-25(34)30-23(28(35)36)17-21-9-5-4-6-10-21/h4-6,9-10,18,23,35-36H,7-8,11-17,20H2,1-3H3,(H,30,34)/b22-18+/t23-,27+/m0/s1. The van der Waals surface area contributed by atoms with Gasteiger partial charge in [0.05, 0.1) is 24.7 Å². The molecule has 11 heteroatoms. The molecule has 0 aromatic heterocycles. The largest absolute Gasteiger partial charge is 0.475 e. The molecule has 0 aliphatic carbocycles. The maximum absolute atomic E-state index is 13.6. The summed E-state index contributed by atoms with van der Waals surface area (Å²) >= 11 is 0. The maximum atomic E-state index is 13.6. The van der Waals surface area contributed by atoms with E-state index in [1.54, 1.807) is 11.0 Å². The van der Waals surface area contributed by atoms with Crippen molar-refractivity contribution in [2.45, 2.75) is 63.5 Å². The predicted molar refractivity (Wildman–Crippen MR) is 143 cm³/mol. The van der Waals surface area contributed by atoms with Gasteiger partial charge in [-0.05, 0) is 58.1 Å². The molecule has 38 heavy (non-hydrogen) atoms. The molecule has 2 heterocycles.